The maximum atomic E-state index is 9.21. The van der Waals surface area contributed by atoms with Crippen molar-refractivity contribution in [3.63, 3.8) is 0 Å². The lowest BCUT2D eigenvalue weighted by molar-refractivity contribution is 0.116. The van der Waals surface area contributed by atoms with Gasteiger partial charge in [0.2, 0.25) is 0 Å². The van der Waals surface area contributed by atoms with Crippen molar-refractivity contribution >= 4 is 0 Å². The molecular weight excluding hydrogens is 224 g/mol. The highest BCUT2D eigenvalue weighted by Crippen LogP contribution is 2.24. The minimum Gasteiger partial charge on any atom is -0.396 e. The lowest BCUT2D eigenvalue weighted by Crippen LogP contribution is -2.44. The highest BCUT2D eigenvalue weighted by Gasteiger charge is 2.30. The van der Waals surface area contributed by atoms with Gasteiger partial charge < -0.3 is 10.0 Å². The van der Waals surface area contributed by atoms with Crippen LogP contribution in [0.15, 0.2) is 0 Å². The van der Waals surface area contributed by atoms with Crippen molar-refractivity contribution in [2.75, 3.05) is 39.3 Å². The van der Waals surface area contributed by atoms with Crippen LogP contribution in [-0.4, -0.2) is 60.3 Å². The molecule has 2 rings (SSSR count). The summed E-state index contributed by atoms with van der Waals surface area (Å²) in [6.07, 6.45) is 5.19. The SMILES string of the molecule is CC(C)CCN1CCC(N2CCC(CO)C2)CC1. The molecule has 0 aromatic carbocycles. The van der Waals surface area contributed by atoms with Crippen LogP contribution < -0.4 is 0 Å². The van der Waals surface area contributed by atoms with E-state index in [0.717, 1.165) is 18.5 Å². The Morgan fingerprint density at radius 3 is 2.39 bits per heavy atom. The average Bonchev–Trinajstić information content (AvgIpc) is 2.85. The van der Waals surface area contributed by atoms with Crippen LogP contribution >= 0.6 is 0 Å². The molecule has 1 N–H and O–H groups in total. The summed E-state index contributed by atoms with van der Waals surface area (Å²) in [6.45, 7) is 11.2. The minimum atomic E-state index is 0.379. The first-order valence-corrected chi connectivity index (χ1v) is 7.76. The van der Waals surface area contributed by atoms with Gasteiger partial charge in [0.25, 0.3) is 0 Å². The summed E-state index contributed by atoms with van der Waals surface area (Å²) in [5, 5.41) is 9.21. The molecule has 2 saturated heterocycles. The van der Waals surface area contributed by atoms with Crippen LogP contribution in [0.5, 0.6) is 0 Å². The number of aliphatic hydroxyl groups is 1. The van der Waals surface area contributed by atoms with E-state index >= 15 is 0 Å². The van der Waals surface area contributed by atoms with Crippen LogP contribution in [0.3, 0.4) is 0 Å². The fourth-order valence-corrected chi connectivity index (χ4v) is 3.29. The van der Waals surface area contributed by atoms with Gasteiger partial charge in [-0.1, -0.05) is 13.8 Å². The molecule has 1 unspecified atom stereocenters. The monoisotopic (exact) mass is 254 g/mol. The predicted octanol–water partition coefficient (Wildman–Crippen LogP) is 1.81. The fourth-order valence-electron chi connectivity index (χ4n) is 3.29. The Bertz CT molecular complexity index is 237. The third kappa shape index (κ3) is 3.94. The molecule has 0 aromatic heterocycles. The van der Waals surface area contributed by atoms with E-state index in [0.29, 0.717) is 12.5 Å². The van der Waals surface area contributed by atoms with Gasteiger partial charge in [0.1, 0.15) is 0 Å². The second-order valence-corrected chi connectivity index (χ2v) is 6.59. The van der Waals surface area contributed by atoms with Gasteiger partial charge in [-0.25, -0.2) is 0 Å². The fraction of sp³-hybridized carbons (Fsp3) is 1.00. The Kier molecular flexibility index (Phi) is 5.46. The first-order chi connectivity index (χ1) is 8.69. The van der Waals surface area contributed by atoms with E-state index in [-0.39, 0.29) is 0 Å². The molecule has 0 spiro atoms. The zero-order valence-electron chi connectivity index (χ0n) is 12.1. The quantitative estimate of drug-likeness (QED) is 0.810. The Morgan fingerprint density at radius 2 is 1.83 bits per heavy atom. The smallest absolute Gasteiger partial charge is 0.0471 e. The van der Waals surface area contributed by atoms with Gasteiger partial charge in [-0.05, 0) is 63.7 Å². The van der Waals surface area contributed by atoms with Crippen molar-refractivity contribution in [3.05, 3.63) is 0 Å². The number of nitrogens with zero attached hydrogens (tertiary/aromatic N) is 2. The van der Waals surface area contributed by atoms with Crippen molar-refractivity contribution in [2.24, 2.45) is 11.8 Å². The molecule has 1 atom stereocenters. The van der Waals surface area contributed by atoms with Crippen molar-refractivity contribution in [1.29, 1.82) is 0 Å². The number of piperidine rings is 1. The van der Waals surface area contributed by atoms with Crippen molar-refractivity contribution in [2.45, 2.75) is 45.6 Å². The van der Waals surface area contributed by atoms with Crippen molar-refractivity contribution in [3.8, 4) is 0 Å². The van der Waals surface area contributed by atoms with Crippen LogP contribution in [0, 0.1) is 11.8 Å². The first-order valence-electron chi connectivity index (χ1n) is 7.76. The Hall–Kier alpha value is -0.120. The molecule has 0 saturated carbocycles. The number of likely N-dealkylation sites (tertiary alicyclic amines) is 2. The largest absolute Gasteiger partial charge is 0.396 e. The van der Waals surface area contributed by atoms with E-state index in [1.54, 1.807) is 0 Å². The van der Waals surface area contributed by atoms with Gasteiger partial charge in [0.15, 0.2) is 0 Å². The van der Waals surface area contributed by atoms with E-state index in [2.05, 4.69) is 23.6 Å². The standard InChI is InChI=1S/C15H30N2O/c1-13(2)3-7-16-8-5-15(6-9-16)17-10-4-14(11-17)12-18/h13-15,18H,3-12H2,1-2H3. The van der Waals surface area contributed by atoms with Gasteiger partial charge in [-0.15, -0.1) is 0 Å². The summed E-state index contributed by atoms with van der Waals surface area (Å²) in [7, 11) is 0. The third-order valence-electron chi connectivity index (χ3n) is 4.67. The van der Waals surface area contributed by atoms with E-state index in [4.69, 9.17) is 0 Å². The van der Waals surface area contributed by atoms with E-state index in [1.165, 1.54) is 51.9 Å². The topological polar surface area (TPSA) is 26.7 Å². The van der Waals surface area contributed by atoms with Crippen molar-refractivity contribution in [1.82, 2.24) is 9.80 Å². The summed E-state index contributed by atoms with van der Waals surface area (Å²) in [5.74, 6) is 1.37. The number of hydrogen-bond donors (Lipinski definition) is 1. The van der Waals surface area contributed by atoms with Gasteiger partial charge in [0.05, 0.1) is 0 Å². The van der Waals surface area contributed by atoms with E-state index in [9.17, 15) is 5.11 Å². The van der Waals surface area contributed by atoms with Crippen LogP contribution in [-0.2, 0) is 0 Å². The Balaban J connectivity index is 1.67. The molecule has 2 aliphatic heterocycles. The van der Waals surface area contributed by atoms with E-state index < -0.39 is 0 Å². The molecule has 0 aliphatic carbocycles. The lowest BCUT2D eigenvalue weighted by Gasteiger charge is -2.37. The zero-order chi connectivity index (χ0) is 13.0. The zero-order valence-corrected chi connectivity index (χ0v) is 12.1. The maximum absolute atomic E-state index is 9.21. The molecule has 0 amide bonds. The molecular formula is C15H30N2O. The highest BCUT2D eigenvalue weighted by atomic mass is 16.3. The second kappa shape index (κ2) is 6.88. The molecule has 3 nitrogen and oxygen atoms in total. The first kappa shape index (κ1) is 14.3. The summed E-state index contributed by atoms with van der Waals surface area (Å²) in [6, 6.07) is 0.789. The third-order valence-corrected chi connectivity index (χ3v) is 4.67. The van der Waals surface area contributed by atoms with Gasteiger partial charge in [-0.3, -0.25) is 4.90 Å². The molecule has 106 valence electrons. The molecule has 0 aromatic rings. The molecule has 18 heavy (non-hydrogen) atoms. The predicted molar refractivity (Wildman–Crippen MR) is 75.7 cm³/mol. The molecule has 3 heteroatoms. The molecule has 0 radical (unpaired) electrons. The maximum Gasteiger partial charge on any atom is 0.0471 e. The van der Waals surface area contributed by atoms with Gasteiger partial charge >= 0.3 is 0 Å². The average molecular weight is 254 g/mol. The van der Waals surface area contributed by atoms with Crippen molar-refractivity contribution < 1.29 is 5.11 Å². The number of aliphatic hydroxyl groups excluding tert-OH is 1. The van der Waals surface area contributed by atoms with Crippen LogP contribution in [0.1, 0.15) is 39.5 Å². The van der Waals surface area contributed by atoms with Crippen LogP contribution in [0.4, 0.5) is 0 Å². The molecule has 2 heterocycles. The lowest BCUT2D eigenvalue weighted by atomic mass is 10.0. The van der Waals surface area contributed by atoms with Crippen LogP contribution in [0.25, 0.3) is 0 Å². The summed E-state index contributed by atoms with van der Waals surface area (Å²) in [4.78, 5) is 5.26. The van der Waals surface area contributed by atoms with E-state index in [1.807, 2.05) is 0 Å². The normalized spacial score (nSPS) is 28.3. The number of rotatable bonds is 5. The van der Waals surface area contributed by atoms with Gasteiger partial charge in [-0.2, -0.15) is 0 Å². The highest BCUT2D eigenvalue weighted by molar-refractivity contribution is 4.85. The molecule has 2 aliphatic rings. The minimum absolute atomic E-state index is 0.379. The second-order valence-electron chi connectivity index (χ2n) is 6.59. The van der Waals surface area contributed by atoms with Gasteiger partial charge in [0, 0.05) is 19.2 Å². The Morgan fingerprint density at radius 1 is 1.11 bits per heavy atom. The Labute approximate surface area is 112 Å². The van der Waals surface area contributed by atoms with Crippen LogP contribution in [0.2, 0.25) is 0 Å². The molecule has 2 fully saturated rings. The number of hydrogen-bond acceptors (Lipinski definition) is 3. The summed E-state index contributed by atoms with van der Waals surface area (Å²) < 4.78 is 0. The molecule has 0 bridgehead atoms. The summed E-state index contributed by atoms with van der Waals surface area (Å²) >= 11 is 0. The summed E-state index contributed by atoms with van der Waals surface area (Å²) in [5.41, 5.74) is 0.